The van der Waals surface area contributed by atoms with E-state index in [0.29, 0.717) is 11.3 Å². The molecule has 0 fully saturated rings. The van der Waals surface area contributed by atoms with Crippen molar-refractivity contribution in [1.29, 1.82) is 0 Å². The summed E-state index contributed by atoms with van der Waals surface area (Å²) in [5.74, 6) is -2.29. The summed E-state index contributed by atoms with van der Waals surface area (Å²) in [6, 6.07) is 13.2. The van der Waals surface area contributed by atoms with Crippen LogP contribution in [0.3, 0.4) is 0 Å². The Balaban J connectivity index is 1.42. The van der Waals surface area contributed by atoms with Gasteiger partial charge in [-0.25, -0.2) is 9.18 Å². The third kappa shape index (κ3) is 4.59. The van der Waals surface area contributed by atoms with Crippen LogP contribution in [0.25, 0.3) is 0 Å². The molecule has 0 N–H and O–H groups in total. The van der Waals surface area contributed by atoms with Crippen molar-refractivity contribution >= 4 is 23.7 Å². The number of esters is 1. The number of halogens is 1. The topological polar surface area (TPSA) is 97.1 Å². The normalized spacial score (nSPS) is 13.6. The first-order valence-electron chi connectivity index (χ1n) is 10.5. The van der Waals surface area contributed by atoms with Crippen molar-refractivity contribution in [3.8, 4) is 0 Å². The second-order valence-corrected chi connectivity index (χ2v) is 7.91. The van der Waals surface area contributed by atoms with E-state index in [0.717, 1.165) is 4.90 Å². The Morgan fingerprint density at radius 3 is 2.53 bits per heavy atom. The molecule has 4 rings (SSSR count). The van der Waals surface area contributed by atoms with Crippen LogP contribution in [0.1, 0.15) is 49.3 Å². The number of hydrogen-bond acceptors (Lipinski definition) is 6. The molecule has 0 bridgehead atoms. The van der Waals surface area contributed by atoms with Crippen molar-refractivity contribution in [3.05, 3.63) is 94.7 Å². The van der Waals surface area contributed by atoms with E-state index in [9.17, 15) is 23.6 Å². The minimum Gasteiger partial charge on any atom is -0.467 e. The maximum Gasteiger partial charge on any atom is 0.338 e. The lowest BCUT2D eigenvalue weighted by molar-refractivity contribution is -0.139. The van der Waals surface area contributed by atoms with E-state index in [1.807, 2.05) is 0 Å². The summed E-state index contributed by atoms with van der Waals surface area (Å²) in [6.45, 7) is 1.54. The summed E-state index contributed by atoms with van der Waals surface area (Å²) < 4.78 is 23.9. The molecule has 2 heterocycles. The fourth-order valence-electron chi connectivity index (χ4n) is 3.70. The molecule has 34 heavy (non-hydrogen) atoms. The standard InChI is InChI=1S/C25H21FN2O6/c1-15(22(29)27(2)13-16-5-3-6-18(26)11-16)34-25(32)17-8-9-20-21(12-17)24(31)28(23(20)30)14-19-7-4-10-33-19/h3-12,15H,13-14H2,1-2H3. The summed E-state index contributed by atoms with van der Waals surface area (Å²) in [7, 11) is 1.52. The minimum atomic E-state index is -1.12. The zero-order valence-electron chi connectivity index (χ0n) is 18.5. The van der Waals surface area contributed by atoms with E-state index < -0.39 is 35.6 Å². The summed E-state index contributed by atoms with van der Waals surface area (Å²) in [4.78, 5) is 53.0. The van der Waals surface area contributed by atoms with Gasteiger partial charge in [0.1, 0.15) is 11.6 Å². The lowest BCUT2D eigenvalue weighted by Gasteiger charge is -2.21. The molecule has 9 heteroatoms. The fraction of sp³-hybridized carbons (Fsp3) is 0.200. The predicted octanol–water partition coefficient (Wildman–Crippen LogP) is 3.42. The monoisotopic (exact) mass is 464 g/mol. The number of carbonyl (C=O) groups excluding carboxylic acids is 4. The average Bonchev–Trinajstić information content (AvgIpc) is 3.41. The first kappa shape index (κ1) is 22.9. The lowest BCUT2D eigenvalue weighted by atomic mass is 10.1. The molecule has 0 saturated heterocycles. The van der Waals surface area contributed by atoms with Crippen molar-refractivity contribution in [1.82, 2.24) is 9.80 Å². The third-order valence-electron chi connectivity index (χ3n) is 5.42. The summed E-state index contributed by atoms with van der Waals surface area (Å²) >= 11 is 0. The van der Waals surface area contributed by atoms with Crippen molar-refractivity contribution in [2.45, 2.75) is 26.1 Å². The number of furan rings is 1. The largest absolute Gasteiger partial charge is 0.467 e. The highest BCUT2D eigenvalue weighted by atomic mass is 19.1. The first-order valence-corrected chi connectivity index (χ1v) is 10.5. The number of amides is 3. The van der Waals surface area contributed by atoms with Gasteiger partial charge in [-0.1, -0.05) is 12.1 Å². The molecule has 1 atom stereocenters. The van der Waals surface area contributed by atoms with Crippen molar-refractivity contribution < 1.29 is 32.7 Å². The maximum atomic E-state index is 13.4. The van der Waals surface area contributed by atoms with Gasteiger partial charge in [0.25, 0.3) is 17.7 Å². The molecule has 1 aliphatic heterocycles. The van der Waals surface area contributed by atoms with E-state index in [1.165, 1.54) is 55.5 Å². The average molecular weight is 464 g/mol. The van der Waals surface area contributed by atoms with Crippen LogP contribution >= 0.6 is 0 Å². The molecule has 0 aliphatic carbocycles. The molecule has 3 aromatic rings. The highest BCUT2D eigenvalue weighted by molar-refractivity contribution is 6.21. The van der Waals surface area contributed by atoms with Gasteiger partial charge < -0.3 is 14.1 Å². The summed E-state index contributed by atoms with van der Waals surface area (Å²) in [5.41, 5.74) is 0.878. The molecule has 8 nitrogen and oxygen atoms in total. The lowest BCUT2D eigenvalue weighted by Crippen LogP contribution is -2.37. The highest BCUT2D eigenvalue weighted by Gasteiger charge is 2.36. The quantitative estimate of drug-likeness (QED) is 0.393. The van der Waals surface area contributed by atoms with Crippen LogP contribution in [0.5, 0.6) is 0 Å². The van der Waals surface area contributed by atoms with E-state index >= 15 is 0 Å². The maximum absolute atomic E-state index is 13.4. The van der Waals surface area contributed by atoms with Gasteiger partial charge in [-0.05, 0) is 55.0 Å². The van der Waals surface area contributed by atoms with Crippen LogP contribution in [0, 0.1) is 5.82 Å². The molecule has 1 aromatic heterocycles. The number of benzene rings is 2. The number of carbonyl (C=O) groups is 4. The van der Waals surface area contributed by atoms with Crippen molar-refractivity contribution in [3.63, 3.8) is 0 Å². The number of hydrogen-bond donors (Lipinski definition) is 0. The molecule has 1 aliphatic rings. The van der Waals surface area contributed by atoms with E-state index in [1.54, 1.807) is 24.3 Å². The Bertz CT molecular complexity index is 1270. The summed E-state index contributed by atoms with van der Waals surface area (Å²) in [6.07, 6.45) is 0.326. The van der Waals surface area contributed by atoms with Crippen LogP contribution in [-0.4, -0.2) is 46.6 Å². The molecular formula is C25H21FN2O6. The molecule has 174 valence electrons. The molecule has 0 radical (unpaired) electrons. The fourth-order valence-corrected chi connectivity index (χ4v) is 3.70. The molecule has 0 saturated carbocycles. The number of nitrogens with zero attached hydrogens (tertiary/aromatic N) is 2. The van der Waals surface area contributed by atoms with Gasteiger partial charge in [0, 0.05) is 13.6 Å². The molecule has 0 spiro atoms. The number of fused-ring (bicyclic) bond motifs is 1. The molecule has 1 unspecified atom stereocenters. The van der Waals surface area contributed by atoms with Crippen LogP contribution in [0.4, 0.5) is 4.39 Å². The van der Waals surface area contributed by atoms with Crippen LogP contribution in [0.2, 0.25) is 0 Å². The van der Waals surface area contributed by atoms with Crippen LogP contribution in [0.15, 0.2) is 65.3 Å². The highest BCUT2D eigenvalue weighted by Crippen LogP contribution is 2.26. The van der Waals surface area contributed by atoms with E-state index in [-0.39, 0.29) is 29.8 Å². The Morgan fingerprint density at radius 1 is 1.06 bits per heavy atom. The number of ether oxygens (including phenoxy) is 1. The number of likely N-dealkylation sites (N-methyl/N-ethyl adjacent to an activating group) is 1. The van der Waals surface area contributed by atoms with Gasteiger partial charge in [-0.15, -0.1) is 0 Å². The van der Waals surface area contributed by atoms with Crippen molar-refractivity contribution in [2.75, 3.05) is 7.05 Å². The minimum absolute atomic E-state index is 0.0255. The van der Waals surface area contributed by atoms with Gasteiger partial charge in [-0.3, -0.25) is 19.3 Å². The molecule has 2 aromatic carbocycles. The van der Waals surface area contributed by atoms with Gasteiger partial charge in [0.05, 0.1) is 29.5 Å². The SMILES string of the molecule is CC(OC(=O)c1ccc2c(c1)C(=O)N(Cc1ccco1)C2=O)C(=O)N(C)Cc1cccc(F)c1. The smallest absolute Gasteiger partial charge is 0.338 e. The molecule has 3 amide bonds. The zero-order valence-corrected chi connectivity index (χ0v) is 18.5. The summed E-state index contributed by atoms with van der Waals surface area (Å²) in [5, 5.41) is 0. The van der Waals surface area contributed by atoms with Crippen LogP contribution in [-0.2, 0) is 22.6 Å². The Morgan fingerprint density at radius 2 is 1.82 bits per heavy atom. The second-order valence-electron chi connectivity index (χ2n) is 7.91. The van der Waals surface area contributed by atoms with Crippen LogP contribution < -0.4 is 0 Å². The van der Waals surface area contributed by atoms with Gasteiger partial charge in [-0.2, -0.15) is 0 Å². The number of rotatable bonds is 7. The van der Waals surface area contributed by atoms with E-state index in [4.69, 9.17) is 9.15 Å². The molecular weight excluding hydrogens is 443 g/mol. The Labute approximate surface area is 194 Å². The van der Waals surface area contributed by atoms with Gasteiger partial charge >= 0.3 is 5.97 Å². The Kier molecular flexibility index (Phi) is 6.27. The second kappa shape index (κ2) is 9.30. The van der Waals surface area contributed by atoms with E-state index in [2.05, 4.69) is 0 Å². The van der Waals surface area contributed by atoms with Gasteiger partial charge in [0.15, 0.2) is 6.10 Å². The zero-order chi connectivity index (χ0) is 24.4. The first-order chi connectivity index (χ1) is 16.2. The Hall–Kier alpha value is -4.27. The number of imide groups is 1. The van der Waals surface area contributed by atoms with Crippen molar-refractivity contribution in [2.24, 2.45) is 0 Å². The predicted molar refractivity (Wildman–Crippen MR) is 117 cm³/mol. The van der Waals surface area contributed by atoms with Gasteiger partial charge in [0.2, 0.25) is 0 Å². The third-order valence-corrected chi connectivity index (χ3v) is 5.42.